The molecule has 0 saturated carbocycles. The van der Waals surface area contributed by atoms with Crippen LogP contribution < -0.4 is 9.47 Å². The molecule has 2 aliphatic heterocycles. The summed E-state index contributed by atoms with van der Waals surface area (Å²) in [6, 6.07) is 11.7. The summed E-state index contributed by atoms with van der Waals surface area (Å²) in [6.45, 7) is 3.31. The fraction of sp³-hybridized carbons (Fsp3) is 0.333. The average Bonchev–Trinajstić information content (AvgIpc) is 3.37. The number of hydrogen-bond donors (Lipinski definition) is 0. The van der Waals surface area contributed by atoms with Gasteiger partial charge in [-0.15, -0.1) is 5.10 Å². The molecular weight excluding hydrogens is 389 g/mol. The van der Waals surface area contributed by atoms with Gasteiger partial charge in [0.05, 0.1) is 5.69 Å². The van der Waals surface area contributed by atoms with Crippen LogP contribution in [0.25, 0.3) is 5.69 Å². The van der Waals surface area contributed by atoms with Crippen LogP contribution in [0.1, 0.15) is 31.2 Å². The molecule has 0 bridgehead atoms. The van der Waals surface area contributed by atoms with Crippen molar-refractivity contribution in [1.82, 2.24) is 25.1 Å². The molecule has 30 heavy (non-hydrogen) atoms. The van der Waals surface area contributed by atoms with E-state index in [1.54, 1.807) is 21.7 Å². The minimum atomic E-state index is -0.706. The molecule has 0 N–H and O–H groups in total. The molecule has 1 unspecified atom stereocenters. The van der Waals surface area contributed by atoms with Crippen LogP contribution in [0.4, 0.5) is 4.39 Å². The largest absolute Gasteiger partial charge is 0.486 e. The fourth-order valence-corrected chi connectivity index (χ4v) is 4.02. The quantitative estimate of drug-likeness (QED) is 0.659. The van der Waals surface area contributed by atoms with Crippen LogP contribution in [-0.2, 0) is 16.9 Å². The molecule has 2 aromatic carbocycles. The molecule has 5 rings (SSSR count). The van der Waals surface area contributed by atoms with Crippen LogP contribution in [0.5, 0.6) is 11.5 Å². The Morgan fingerprint density at radius 2 is 1.87 bits per heavy atom. The number of nitrogens with zero attached hydrogens (tertiary/aromatic N) is 5. The van der Waals surface area contributed by atoms with Gasteiger partial charge in [-0.2, -0.15) is 4.68 Å². The summed E-state index contributed by atoms with van der Waals surface area (Å²) in [5.41, 5.74) is 0.861. The van der Waals surface area contributed by atoms with E-state index >= 15 is 0 Å². The SMILES string of the molecule is CC1(c2nnnn2-c2ccc3c(c2)OCCO3)CCC(=O)N1Cc1ccc(F)cc1. The third-order valence-corrected chi connectivity index (χ3v) is 5.70. The van der Waals surface area contributed by atoms with Gasteiger partial charge in [-0.1, -0.05) is 12.1 Å². The van der Waals surface area contributed by atoms with Gasteiger partial charge < -0.3 is 14.4 Å². The van der Waals surface area contributed by atoms with Crippen molar-refractivity contribution in [3.05, 3.63) is 59.7 Å². The zero-order valence-electron chi connectivity index (χ0n) is 16.4. The predicted octanol–water partition coefficient (Wildman–Crippen LogP) is 2.61. The first kappa shape index (κ1) is 18.5. The highest BCUT2D eigenvalue weighted by Crippen LogP contribution is 2.40. The summed E-state index contributed by atoms with van der Waals surface area (Å²) in [7, 11) is 0. The normalized spacial score (nSPS) is 20.6. The smallest absolute Gasteiger partial charge is 0.223 e. The fourth-order valence-electron chi connectivity index (χ4n) is 4.02. The van der Waals surface area contributed by atoms with E-state index in [2.05, 4.69) is 15.5 Å². The van der Waals surface area contributed by atoms with Gasteiger partial charge >= 0.3 is 0 Å². The molecule has 9 heteroatoms. The lowest BCUT2D eigenvalue weighted by Crippen LogP contribution is -2.42. The van der Waals surface area contributed by atoms with Crippen LogP contribution in [-0.4, -0.2) is 44.2 Å². The Balaban J connectivity index is 1.51. The van der Waals surface area contributed by atoms with Crippen LogP contribution in [0.2, 0.25) is 0 Å². The summed E-state index contributed by atoms with van der Waals surface area (Å²) >= 11 is 0. The summed E-state index contributed by atoms with van der Waals surface area (Å²) in [6.07, 6.45) is 0.976. The van der Waals surface area contributed by atoms with Gasteiger partial charge in [0.25, 0.3) is 0 Å². The first-order valence-corrected chi connectivity index (χ1v) is 9.78. The first-order valence-electron chi connectivity index (χ1n) is 9.78. The van der Waals surface area contributed by atoms with Gasteiger partial charge in [-0.25, -0.2) is 4.39 Å². The van der Waals surface area contributed by atoms with Crippen molar-refractivity contribution in [2.75, 3.05) is 13.2 Å². The van der Waals surface area contributed by atoms with Gasteiger partial charge in [0, 0.05) is 19.0 Å². The van der Waals surface area contributed by atoms with Gasteiger partial charge in [0.1, 0.15) is 24.6 Å². The minimum Gasteiger partial charge on any atom is -0.486 e. The maximum atomic E-state index is 13.3. The van der Waals surface area contributed by atoms with Crippen LogP contribution in [0.3, 0.4) is 0 Å². The van der Waals surface area contributed by atoms with E-state index < -0.39 is 5.54 Å². The second-order valence-corrected chi connectivity index (χ2v) is 7.62. The van der Waals surface area contributed by atoms with E-state index in [0.717, 1.165) is 11.3 Å². The second kappa shape index (κ2) is 7.08. The van der Waals surface area contributed by atoms with Gasteiger partial charge in [0.15, 0.2) is 17.3 Å². The van der Waals surface area contributed by atoms with E-state index in [-0.39, 0.29) is 11.7 Å². The van der Waals surface area contributed by atoms with E-state index in [0.29, 0.717) is 49.9 Å². The Labute approximate surface area is 172 Å². The summed E-state index contributed by atoms with van der Waals surface area (Å²) in [4.78, 5) is 14.5. The number of carbonyl (C=O) groups is 1. The van der Waals surface area contributed by atoms with E-state index in [4.69, 9.17) is 9.47 Å². The summed E-state index contributed by atoms with van der Waals surface area (Å²) in [5, 5.41) is 12.3. The molecule has 3 heterocycles. The molecule has 1 amide bonds. The molecule has 1 aromatic heterocycles. The van der Waals surface area contributed by atoms with Crippen LogP contribution >= 0.6 is 0 Å². The molecule has 0 spiro atoms. The molecule has 1 atom stereocenters. The highest BCUT2D eigenvalue weighted by molar-refractivity contribution is 5.79. The van der Waals surface area contributed by atoms with Gasteiger partial charge in [-0.3, -0.25) is 4.79 Å². The number of halogens is 1. The molecule has 0 radical (unpaired) electrons. The number of aromatic nitrogens is 4. The van der Waals surface area contributed by atoms with Crippen molar-refractivity contribution < 1.29 is 18.7 Å². The topological polar surface area (TPSA) is 82.4 Å². The molecule has 0 aliphatic carbocycles. The van der Waals surface area contributed by atoms with Gasteiger partial charge in [-0.05, 0) is 53.6 Å². The standard InChI is InChI=1S/C21H20FN5O3/c1-21(9-8-19(28)26(21)13-14-2-4-15(22)5-3-14)20-23-24-25-27(20)16-6-7-17-18(12-16)30-11-10-29-17/h2-7,12H,8-11,13H2,1H3. The number of hydrogen-bond acceptors (Lipinski definition) is 6. The van der Waals surface area contributed by atoms with E-state index in [1.165, 1.54) is 12.1 Å². The Bertz CT molecular complexity index is 1100. The van der Waals surface area contributed by atoms with Crippen molar-refractivity contribution in [1.29, 1.82) is 0 Å². The number of benzene rings is 2. The lowest BCUT2D eigenvalue weighted by atomic mass is 9.97. The zero-order chi connectivity index (χ0) is 20.7. The Morgan fingerprint density at radius 3 is 2.67 bits per heavy atom. The summed E-state index contributed by atoms with van der Waals surface area (Å²) in [5.74, 6) is 1.58. The predicted molar refractivity (Wildman–Crippen MR) is 104 cm³/mol. The highest BCUT2D eigenvalue weighted by Gasteiger charge is 2.46. The third-order valence-electron chi connectivity index (χ3n) is 5.70. The zero-order valence-corrected chi connectivity index (χ0v) is 16.4. The maximum Gasteiger partial charge on any atom is 0.223 e. The first-order chi connectivity index (χ1) is 14.5. The number of tetrazole rings is 1. The molecular formula is C21H20FN5O3. The van der Waals surface area contributed by atoms with E-state index in [1.807, 2.05) is 25.1 Å². The molecule has 1 saturated heterocycles. The lowest BCUT2D eigenvalue weighted by molar-refractivity contribution is -0.132. The highest BCUT2D eigenvalue weighted by atomic mass is 19.1. The molecule has 1 fully saturated rings. The second-order valence-electron chi connectivity index (χ2n) is 7.62. The molecule has 8 nitrogen and oxygen atoms in total. The molecule has 154 valence electrons. The number of likely N-dealkylation sites (tertiary alicyclic amines) is 1. The van der Waals surface area contributed by atoms with Crippen molar-refractivity contribution >= 4 is 5.91 Å². The number of ether oxygens (including phenoxy) is 2. The third kappa shape index (κ3) is 3.06. The van der Waals surface area contributed by atoms with Crippen molar-refractivity contribution in [2.45, 2.75) is 31.8 Å². The number of amides is 1. The van der Waals surface area contributed by atoms with Crippen LogP contribution in [0.15, 0.2) is 42.5 Å². The Hall–Kier alpha value is -3.49. The maximum absolute atomic E-state index is 13.3. The monoisotopic (exact) mass is 409 g/mol. The number of fused-ring (bicyclic) bond motifs is 1. The summed E-state index contributed by atoms with van der Waals surface area (Å²) < 4.78 is 26.2. The van der Waals surface area contributed by atoms with Crippen molar-refractivity contribution in [3.63, 3.8) is 0 Å². The van der Waals surface area contributed by atoms with Crippen molar-refractivity contribution in [2.24, 2.45) is 0 Å². The van der Waals surface area contributed by atoms with Gasteiger partial charge in [0.2, 0.25) is 5.91 Å². The lowest BCUT2D eigenvalue weighted by Gasteiger charge is -2.34. The van der Waals surface area contributed by atoms with E-state index in [9.17, 15) is 9.18 Å². The number of rotatable bonds is 4. The molecule has 2 aliphatic rings. The average molecular weight is 409 g/mol. The Kier molecular flexibility index (Phi) is 4.38. The minimum absolute atomic E-state index is 0.0125. The Morgan fingerprint density at radius 1 is 1.10 bits per heavy atom. The molecule has 3 aromatic rings. The van der Waals surface area contributed by atoms with Crippen LogP contribution in [0, 0.1) is 5.82 Å². The number of carbonyl (C=O) groups excluding carboxylic acids is 1. The van der Waals surface area contributed by atoms with Crippen molar-refractivity contribution in [3.8, 4) is 17.2 Å².